The highest BCUT2D eigenvalue weighted by molar-refractivity contribution is 5.50. The van der Waals surface area contributed by atoms with Crippen molar-refractivity contribution in [2.45, 2.75) is 27.2 Å². The molecule has 1 aliphatic heterocycles. The van der Waals surface area contributed by atoms with Gasteiger partial charge in [0, 0.05) is 32.6 Å². The molecule has 1 aromatic heterocycles. The Balaban J connectivity index is 2.26. The first-order chi connectivity index (χ1) is 8.13. The van der Waals surface area contributed by atoms with E-state index in [1.165, 1.54) is 0 Å². The molecule has 17 heavy (non-hydrogen) atoms. The lowest BCUT2D eigenvalue weighted by atomic mass is 10.0. The molecule has 1 N–H and O–H groups in total. The van der Waals surface area contributed by atoms with Crippen molar-refractivity contribution in [3.8, 4) is 0 Å². The predicted molar refractivity (Wildman–Crippen MR) is 71.5 cm³/mol. The van der Waals surface area contributed by atoms with E-state index in [1.54, 1.807) is 0 Å². The summed E-state index contributed by atoms with van der Waals surface area (Å²) in [6.07, 6.45) is 0.876. The number of nitrogens with zero attached hydrogens (tertiary/aromatic N) is 3. The van der Waals surface area contributed by atoms with E-state index in [-0.39, 0.29) is 0 Å². The summed E-state index contributed by atoms with van der Waals surface area (Å²) in [6.45, 7) is 8.92. The largest absolute Gasteiger partial charge is 0.373 e. The minimum atomic E-state index is 0.744. The summed E-state index contributed by atoms with van der Waals surface area (Å²) in [5.74, 6) is 4.39. The van der Waals surface area contributed by atoms with Crippen LogP contribution < -0.4 is 10.2 Å². The summed E-state index contributed by atoms with van der Waals surface area (Å²) in [7, 11) is 1.90. The molecular weight excluding hydrogens is 212 g/mol. The number of aryl methyl sites for hydroxylation is 1. The minimum absolute atomic E-state index is 0.744. The van der Waals surface area contributed by atoms with Crippen molar-refractivity contribution in [3.63, 3.8) is 0 Å². The van der Waals surface area contributed by atoms with Crippen molar-refractivity contribution in [2.75, 3.05) is 30.4 Å². The lowest BCUT2D eigenvalue weighted by molar-refractivity contribution is 0.494. The monoisotopic (exact) mass is 234 g/mol. The molecule has 0 saturated carbocycles. The first-order valence-corrected chi connectivity index (χ1v) is 6.44. The number of hydrogen-bond acceptors (Lipinski definition) is 4. The zero-order chi connectivity index (χ0) is 12.4. The third kappa shape index (κ3) is 2.51. The van der Waals surface area contributed by atoms with Gasteiger partial charge >= 0.3 is 0 Å². The van der Waals surface area contributed by atoms with Crippen molar-refractivity contribution in [1.82, 2.24) is 9.97 Å². The van der Waals surface area contributed by atoms with Gasteiger partial charge in [-0.3, -0.25) is 0 Å². The lowest BCUT2D eigenvalue weighted by Gasteiger charge is -2.18. The van der Waals surface area contributed by atoms with E-state index in [2.05, 4.69) is 41.0 Å². The normalized spacial score (nSPS) is 24.1. The van der Waals surface area contributed by atoms with Crippen LogP contribution in [0.5, 0.6) is 0 Å². The fraction of sp³-hybridized carbons (Fsp3) is 0.692. The van der Waals surface area contributed by atoms with Gasteiger partial charge < -0.3 is 10.2 Å². The molecule has 94 valence electrons. The van der Waals surface area contributed by atoms with E-state index in [1.807, 2.05) is 13.1 Å². The fourth-order valence-corrected chi connectivity index (χ4v) is 2.25. The van der Waals surface area contributed by atoms with Gasteiger partial charge in [0.25, 0.3) is 0 Å². The SMILES string of the molecule is CCc1nc(NC)cc(N2CC(C)C(C)C2)n1. The topological polar surface area (TPSA) is 41.1 Å². The Morgan fingerprint density at radius 1 is 1.29 bits per heavy atom. The van der Waals surface area contributed by atoms with E-state index in [9.17, 15) is 0 Å². The van der Waals surface area contributed by atoms with Crippen LogP contribution in [0, 0.1) is 11.8 Å². The summed E-state index contributed by atoms with van der Waals surface area (Å²) in [6, 6.07) is 2.05. The Labute approximate surface area is 103 Å². The molecule has 4 heteroatoms. The molecular formula is C13H22N4. The first-order valence-electron chi connectivity index (χ1n) is 6.44. The highest BCUT2D eigenvalue weighted by Gasteiger charge is 2.27. The number of anilines is 2. The van der Waals surface area contributed by atoms with Crippen molar-refractivity contribution in [1.29, 1.82) is 0 Å². The van der Waals surface area contributed by atoms with Crippen molar-refractivity contribution in [3.05, 3.63) is 11.9 Å². The molecule has 0 bridgehead atoms. The van der Waals surface area contributed by atoms with Crippen LogP contribution in [0.15, 0.2) is 6.07 Å². The molecule has 0 amide bonds. The van der Waals surface area contributed by atoms with E-state index >= 15 is 0 Å². The van der Waals surface area contributed by atoms with Gasteiger partial charge in [0.2, 0.25) is 0 Å². The Hall–Kier alpha value is -1.32. The molecule has 1 aromatic rings. The Bertz CT molecular complexity index is 359. The van der Waals surface area contributed by atoms with Crippen molar-refractivity contribution < 1.29 is 0 Å². The highest BCUT2D eigenvalue weighted by atomic mass is 15.2. The maximum absolute atomic E-state index is 4.63. The number of hydrogen-bond donors (Lipinski definition) is 1. The number of aromatic nitrogens is 2. The highest BCUT2D eigenvalue weighted by Crippen LogP contribution is 2.27. The van der Waals surface area contributed by atoms with Gasteiger partial charge in [-0.05, 0) is 11.8 Å². The quantitative estimate of drug-likeness (QED) is 0.870. The standard InChI is InChI=1S/C13H22N4/c1-5-11-15-12(14-4)6-13(16-11)17-7-9(2)10(3)8-17/h6,9-10H,5,7-8H2,1-4H3,(H,14,15,16). The van der Waals surface area contributed by atoms with Gasteiger partial charge in [0.15, 0.2) is 0 Å². The maximum atomic E-state index is 4.63. The molecule has 1 fully saturated rings. The second-order valence-corrected chi connectivity index (χ2v) is 4.99. The average molecular weight is 234 g/mol. The second-order valence-electron chi connectivity index (χ2n) is 4.99. The van der Waals surface area contributed by atoms with Crippen LogP contribution in [0.1, 0.15) is 26.6 Å². The van der Waals surface area contributed by atoms with Crippen LogP contribution in [0.4, 0.5) is 11.6 Å². The molecule has 2 rings (SSSR count). The Morgan fingerprint density at radius 3 is 2.47 bits per heavy atom. The second kappa shape index (κ2) is 4.90. The lowest BCUT2D eigenvalue weighted by Crippen LogP contribution is -2.21. The molecule has 2 heterocycles. The van der Waals surface area contributed by atoms with E-state index in [4.69, 9.17) is 0 Å². The van der Waals surface area contributed by atoms with E-state index in [0.717, 1.165) is 48.8 Å². The number of nitrogens with one attached hydrogen (secondary N) is 1. The van der Waals surface area contributed by atoms with Crippen LogP contribution in [0.3, 0.4) is 0 Å². The number of rotatable bonds is 3. The summed E-state index contributed by atoms with van der Waals surface area (Å²) in [5.41, 5.74) is 0. The molecule has 0 aliphatic carbocycles. The van der Waals surface area contributed by atoms with Gasteiger partial charge in [0.1, 0.15) is 17.5 Å². The third-order valence-electron chi connectivity index (χ3n) is 3.64. The third-order valence-corrected chi connectivity index (χ3v) is 3.64. The maximum Gasteiger partial charge on any atom is 0.134 e. The van der Waals surface area contributed by atoms with Gasteiger partial charge in [0.05, 0.1) is 0 Å². The molecule has 0 spiro atoms. The molecule has 0 radical (unpaired) electrons. The van der Waals surface area contributed by atoms with E-state index in [0.29, 0.717) is 0 Å². The fourth-order valence-electron chi connectivity index (χ4n) is 2.25. The Morgan fingerprint density at radius 2 is 1.94 bits per heavy atom. The van der Waals surface area contributed by atoms with Gasteiger partial charge in [-0.1, -0.05) is 20.8 Å². The predicted octanol–water partition coefficient (Wildman–Crippen LogP) is 2.17. The first kappa shape index (κ1) is 12.1. The Kier molecular flexibility index (Phi) is 3.50. The van der Waals surface area contributed by atoms with Crippen LogP contribution in [0.2, 0.25) is 0 Å². The summed E-state index contributed by atoms with van der Waals surface area (Å²) in [4.78, 5) is 11.4. The van der Waals surface area contributed by atoms with Gasteiger partial charge in [-0.2, -0.15) is 0 Å². The zero-order valence-electron chi connectivity index (χ0n) is 11.2. The van der Waals surface area contributed by atoms with Crippen LogP contribution in [-0.2, 0) is 6.42 Å². The van der Waals surface area contributed by atoms with Crippen molar-refractivity contribution >= 4 is 11.6 Å². The van der Waals surface area contributed by atoms with Crippen LogP contribution >= 0.6 is 0 Å². The van der Waals surface area contributed by atoms with Crippen LogP contribution in [0.25, 0.3) is 0 Å². The molecule has 2 atom stereocenters. The molecule has 2 unspecified atom stereocenters. The summed E-state index contributed by atoms with van der Waals surface area (Å²) < 4.78 is 0. The van der Waals surface area contributed by atoms with Crippen molar-refractivity contribution in [2.24, 2.45) is 11.8 Å². The molecule has 0 aromatic carbocycles. The van der Waals surface area contributed by atoms with E-state index < -0.39 is 0 Å². The minimum Gasteiger partial charge on any atom is -0.373 e. The van der Waals surface area contributed by atoms with Crippen LogP contribution in [-0.4, -0.2) is 30.1 Å². The van der Waals surface area contributed by atoms with Gasteiger partial charge in [-0.25, -0.2) is 9.97 Å². The summed E-state index contributed by atoms with van der Waals surface area (Å²) >= 11 is 0. The molecule has 4 nitrogen and oxygen atoms in total. The smallest absolute Gasteiger partial charge is 0.134 e. The zero-order valence-corrected chi connectivity index (χ0v) is 11.2. The average Bonchev–Trinajstić information content (AvgIpc) is 2.69. The van der Waals surface area contributed by atoms with Gasteiger partial charge in [-0.15, -0.1) is 0 Å². The molecule has 1 saturated heterocycles. The summed E-state index contributed by atoms with van der Waals surface area (Å²) in [5, 5.41) is 3.11. The molecule has 1 aliphatic rings.